The highest BCUT2D eigenvalue weighted by molar-refractivity contribution is 6.61. The van der Waals surface area contributed by atoms with Crippen LogP contribution in [-0.2, 0) is 21.7 Å². The molecule has 23 heavy (non-hydrogen) atoms. The summed E-state index contributed by atoms with van der Waals surface area (Å²) in [4.78, 5) is 12.0. The lowest BCUT2D eigenvalue weighted by Crippen LogP contribution is -2.41. The molecule has 0 saturated carbocycles. The van der Waals surface area contributed by atoms with Gasteiger partial charge in [-0.05, 0) is 29.6 Å². The van der Waals surface area contributed by atoms with Crippen molar-refractivity contribution < 1.29 is 24.3 Å². The van der Waals surface area contributed by atoms with Crippen LogP contribution in [0.2, 0.25) is 0 Å². The van der Waals surface area contributed by atoms with E-state index in [1.807, 2.05) is 6.07 Å². The molecule has 6 heteroatoms. The van der Waals surface area contributed by atoms with Crippen LogP contribution >= 0.6 is 0 Å². The molecule has 0 amide bonds. The molecule has 2 N–H and O–H groups in total. The third-order valence-electron chi connectivity index (χ3n) is 4.16. The number of aliphatic carboxylic acids is 1. The van der Waals surface area contributed by atoms with E-state index in [1.54, 1.807) is 49.4 Å². The zero-order valence-corrected chi connectivity index (χ0v) is 12.7. The minimum absolute atomic E-state index is 0.266. The van der Waals surface area contributed by atoms with Gasteiger partial charge in [0.25, 0.3) is 0 Å². The smallest absolute Gasteiger partial charge is 0.478 e. The number of carboxylic acid groups (broad SMARTS) is 1. The number of rotatable bonds is 5. The molecule has 118 valence electrons. The van der Waals surface area contributed by atoms with Crippen LogP contribution in [-0.4, -0.2) is 23.2 Å². The quantitative estimate of drug-likeness (QED) is 0.822. The minimum atomic E-state index is -1.47. The summed E-state index contributed by atoms with van der Waals surface area (Å²) in [6.07, 6.45) is 0.266. The molecule has 1 aliphatic rings. The first-order chi connectivity index (χ1) is 11.1. The molecule has 3 rings (SSSR count). The van der Waals surface area contributed by atoms with Crippen molar-refractivity contribution in [2.75, 3.05) is 0 Å². The second kappa shape index (κ2) is 6.06. The van der Waals surface area contributed by atoms with Gasteiger partial charge in [0.2, 0.25) is 5.60 Å². The van der Waals surface area contributed by atoms with E-state index in [0.29, 0.717) is 23.4 Å². The zero-order valence-electron chi connectivity index (χ0n) is 12.7. The van der Waals surface area contributed by atoms with Gasteiger partial charge < -0.3 is 19.5 Å². The topological polar surface area (TPSA) is 76.0 Å². The lowest BCUT2D eigenvalue weighted by molar-refractivity contribution is -0.156. The highest BCUT2D eigenvalue weighted by atomic mass is 16.5. The van der Waals surface area contributed by atoms with Crippen LogP contribution in [0.1, 0.15) is 24.5 Å². The van der Waals surface area contributed by atoms with Crippen molar-refractivity contribution in [1.29, 1.82) is 0 Å². The van der Waals surface area contributed by atoms with Gasteiger partial charge in [-0.25, -0.2) is 4.79 Å². The Labute approximate surface area is 134 Å². The Hall–Kier alpha value is -2.31. The van der Waals surface area contributed by atoms with Crippen LogP contribution in [0.25, 0.3) is 0 Å². The molecule has 0 radical (unpaired) electrons. The summed E-state index contributed by atoms with van der Waals surface area (Å²) in [6, 6.07) is 14.0. The molecule has 1 unspecified atom stereocenters. The van der Waals surface area contributed by atoms with Crippen molar-refractivity contribution in [1.82, 2.24) is 0 Å². The van der Waals surface area contributed by atoms with E-state index in [9.17, 15) is 14.9 Å². The van der Waals surface area contributed by atoms with Crippen LogP contribution in [0.15, 0.2) is 48.5 Å². The normalized spacial score (nSPS) is 15.8. The van der Waals surface area contributed by atoms with Gasteiger partial charge in [-0.1, -0.05) is 43.3 Å². The van der Waals surface area contributed by atoms with E-state index in [2.05, 4.69) is 0 Å². The Morgan fingerprint density at radius 2 is 2.04 bits per heavy atom. The fourth-order valence-corrected chi connectivity index (χ4v) is 2.82. The number of carbonyl (C=O) groups is 1. The molecule has 0 saturated heterocycles. The highest BCUT2D eigenvalue weighted by Crippen LogP contribution is 2.32. The van der Waals surface area contributed by atoms with Gasteiger partial charge in [-0.3, -0.25) is 0 Å². The van der Waals surface area contributed by atoms with E-state index < -0.39 is 18.7 Å². The summed E-state index contributed by atoms with van der Waals surface area (Å²) in [7, 11) is -0.994. The maximum absolute atomic E-state index is 12.0. The van der Waals surface area contributed by atoms with Crippen LogP contribution in [0.4, 0.5) is 0 Å². The second-order valence-corrected chi connectivity index (χ2v) is 5.48. The first kappa shape index (κ1) is 15.6. The maximum Gasteiger partial charge on any atom is 0.491 e. The first-order valence-electron chi connectivity index (χ1n) is 7.47. The number of hydrogen-bond donors (Lipinski definition) is 2. The number of ether oxygens (including phenoxy) is 1. The van der Waals surface area contributed by atoms with Crippen molar-refractivity contribution >= 4 is 18.6 Å². The monoisotopic (exact) mass is 312 g/mol. The molecule has 1 aliphatic heterocycles. The van der Waals surface area contributed by atoms with Gasteiger partial charge in [0.05, 0.1) is 6.61 Å². The molecule has 0 spiro atoms. The Morgan fingerprint density at radius 1 is 1.30 bits per heavy atom. The van der Waals surface area contributed by atoms with Gasteiger partial charge in [0.15, 0.2) is 0 Å². The van der Waals surface area contributed by atoms with Gasteiger partial charge in [0, 0.05) is 5.56 Å². The van der Waals surface area contributed by atoms with Crippen LogP contribution in [0, 0.1) is 0 Å². The third kappa shape index (κ3) is 2.71. The predicted octanol–water partition coefficient (Wildman–Crippen LogP) is 1.67. The fraction of sp³-hybridized carbons (Fsp3) is 0.235. The van der Waals surface area contributed by atoms with E-state index in [-0.39, 0.29) is 6.42 Å². The Kier molecular flexibility index (Phi) is 4.11. The van der Waals surface area contributed by atoms with Crippen molar-refractivity contribution in [3.05, 3.63) is 59.7 Å². The van der Waals surface area contributed by atoms with Crippen molar-refractivity contribution in [3.8, 4) is 5.75 Å². The standard InChI is InChI=1S/C17H17BO5/c1-2-17(16(19)20,13-6-4-3-5-7-13)23-14-9-8-12-11-22-18(21)15(12)10-14/h3-10,21H,2,11H2,1H3,(H,19,20). The molecular weight excluding hydrogens is 295 g/mol. The van der Waals surface area contributed by atoms with Gasteiger partial charge >= 0.3 is 13.1 Å². The largest absolute Gasteiger partial charge is 0.491 e. The van der Waals surface area contributed by atoms with Crippen LogP contribution in [0.3, 0.4) is 0 Å². The molecule has 1 heterocycles. The van der Waals surface area contributed by atoms with Crippen molar-refractivity contribution in [2.45, 2.75) is 25.6 Å². The number of carboxylic acids is 1. The van der Waals surface area contributed by atoms with E-state index in [1.165, 1.54) is 0 Å². The van der Waals surface area contributed by atoms with Gasteiger partial charge in [0.1, 0.15) is 5.75 Å². The number of fused-ring (bicyclic) bond motifs is 1. The number of benzene rings is 2. The summed E-state index contributed by atoms with van der Waals surface area (Å²) in [5.74, 6) is -0.662. The summed E-state index contributed by atoms with van der Waals surface area (Å²) < 4.78 is 11.1. The van der Waals surface area contributed by atoms with Gasteiger partial charge in [-0.15, -0.1) is 0 Å². The van der Waals surface area contributed by atoms with Crippen LogP contribution < -0.4 is 10.2 Å². The molecule has 2 aromatic carbocycles. The average molecular weight is 312 g/mol. The molecular formula is C17H17BO5. The predicted molar refractivity (Wildman–Crippen MR) is 85.5 cm³/mol. The molecule has 1 atom stereocenters. The second-order valence-electron chi connectivity index (χ2n) is 5.48. The fourth-order valence-electron chi connectivity index (χ4n) is 2.82. The maximum atomic E-state index is 12.0. The summed E-state index contributed by atoms with van der Waals surface area (Å²) >= 11 is 0. The third-order valence-corrected chi connectivity index (χ3v) is 4.16. The molecule has 2 aromatic rings. The van der Waals surface area contributed by atoms with Crippen molar-refractivity contribution in [3.63, 3.8) is 0 Å². The summed E-state index contributed by atoms with van der Waals surface area (Å²) in [5, 5.41) is 19.6. The Balaban J connectivity index is 2.00. The Bertz CT molecular complexity index is 718. The molecule has 0 aromatic heterocycles. The van der Waals surface area contributed by atoms with Crippen molar-refractivity contribution in [2.24, 2.45) is 0 Å². The Morgan fingerprint density at radius 3 is 2.70 bits per heavy atom. The van der Waals surface area contributed by atoms with E-state index >= 15 is 0 Å². The average Bonchev–Trinajstić information content (AvgIpc) is 2.94. The first-order valence-corrected chi connectivity index (χ1v) is 7.47. The molecule has 5 nitrogen and oxygen atoms in total. The number of hydrogen-bond acceptors (Lipinski definition) is 4. The highest BCUT2D eigenvalue weighted by Gasteiger charge is 2.41. The lowest BCUT2D eigenvalue weighted by atomic mass is 9.79. The van der Waals surface area contributed by atoms with Gasteiger partial charge in [-0.2, -0.15) is 0 Å². The molecule has 0 aliphatic carbocycles. The zero-order chi connectivity index (χ0) is 16.4. The summed E-state index contributed by atoms with van der Waals surface area (Å²) in [5.41, 5.74) is 0.597. The lowest BCUT2D eigenvalue weighted by Gasteiger charge is -2.30. The van der Waals surface area contributed by atoms with Crippen LogP contribution in [0.5, 0.6) is 5.75 Å². The SMILES string of the molecule is CCC(Oc1ccc2c(c1)B(O)OC2)(C(=O)O)c1ccccc1. The molecule has 0 fully saturated rings. The summed E-state index contributed by atoms with van der Waals surface area (Å²) in [6.45, 7) is 2.11. The molecule has 0 bridgehead atoms. The van der Waals surface area contributed by atoms with E-state index in [4.69, 9.17) is 9.39 Å². The van der Waals surface area contributed by atoms with E-state index in [0.717, 1.165) is 5.56 Å². The minimum Gasteiger partial charge on any atom is -0.478 e.